The highest BCUT2D eigenvalue weighted by atomic mass is 19.1. The quantitative estimate of drug-likeness (QED) is 0.832. The molecule has 5 nitrogen and oxygen atoms in total. The van der Waals surface area contributed by atoms with E-state index in [1.807, 2.05) is 4.90 Å². The molecule has 1 aliphatic heterocycles. The van der Waals surface area contributed by atoms with Crippen molar-refractivity contribution in [2.45, 2.75) is 57.4 Å². The molecule has 27 heavy (non-hydrogen) atoms. The number of benzene rings is 1. The Morgan fingerprint density at radius 1 is 1.15 bits per heavy atom. The minimum absolute atomic E-state index is 0.0384. The van der Waals surface area contributed by atoms with Crippen molar-refractivity contribution in [2.75, 3.05) is 18.4 Å². The average molecular weight is 379 g/mol. The molecule has 1 aliphatic carbocycles. The van der Waals surface area contributed by atoms with Crippen molar-refractivity contribution in [3.63, 3.8) is 0 Å². The monoisotopic (exact) mass is 379 g/mol. The molecule has 2 aliphatic rings. The fourth-order valence-electron chi connectivity index (χ4n) is 4.19. The van der Waals surface area contributed by atoms with Gasteiger partial charge in [0.15, 0.2) is 0 Å². The molecule has 148 valence electrons. The van der Waals surface area contributed by atoms with Gasteiger partial charge in [-0.15, -0.1) is 0 Å². The number of urea groups is 1. The zero-order valence-corrected chi connectivity index (χ0v) is 15.7. The molecular formula is C20H27F2N3O2. The van der Waals surface area contributed by atoms with E-state index in [9.17, 15) is 18.4 Å². The van der Waals surface area contributed by atoms with Gasteiger partial charge in [-0.3, -0.25) is 4.79 Å². The van der Waals surface area contributed by atoms with Gasteiger partial charge >= 0.3 is 6.03 Å². The van der Waals surface area contributed by atoms with E-state index in [0.717, 1.165) is 38.2 Å². The van der Waals surface area contributed by atoms with Crippen molar-refractivity contribution >= 4 is 17.6 Å². The number of nitrogens with one attached hydrogen (secondary N) is 2. The first-order valence-corrected chi connectivity index (χ1v) is 9.73. The minimum atomic E-state index is -0.949. The summed E-state index contributed by atoms with van der Waals surface area (Å²) in [6.07, 6.45) is 5.98. The number of nitrogens with zero attached hydrogens (tertiary/aromatic N) is 1. The van der Waals surface area contributed by atoms with Gasteiger partial charge in [-0.2, -0.15) is 0 Å². The molecule has 1 aromatic carbocycles. The first-order valence-electron chi connectivity index (χ1n) is 9.73. The summed E-state index contributed by atoms with van der Waals surface area (Å²) in [7, 11) is 0. The number of halogens is 2. The van der Waals surface area contributed by atoms with Crippen LogP contribution in [0.4, 0.5) is 19.3 Å². The summed E-state index contributed by atoms with van der Waals surface area (Å²) in [5.74, 6) is -1.15. The highest BCUT2D eigenvalue weighted by molar-refractivity contribution is 5.96. The van der Waals surface area contributed by atoms with Crippen molar-refractivity contribution in [1.82, 2.24) is 10.2 Å². The number of hydrogen-bond donors (Lipinski definition) is 2. The molecule has 3 amide bonds. The summed E-state index contributed by atoms with van der Waals surface area (Å²) in [5, 5.41) is 5.25. The van der Waals surface area contributed by atoms with Crippen molar-refractivity contribution in [3.05, 3.63) is 29.8 Å². The van der Waals surface area contributed by atoms with Crippen LogP contribution in [0.1, 0.15) is 51.9 Å². The molecule has 3 rings (SSSR count). The molecule has 2 fully saturated rings. The molecule has 1 saturated carbocycles. The number of hydrogen-bond acceptors (Lipinski definition) is 2. The lowest BCUT2D eigenvalue weighted by Crippen LogP contribution is -2.62. The smallest absolute Gasteiger partial charge is 0.320 e. The van der Waals surface area contributed by atoms with E-state index in [2.05, 4.69) is 17.6 Å². The summed E-state index contributed by atoms with van der Waals surface area (Å²) < 4.78 is 26.9. The first kappa shape index (κ1) is 19.6. The third-order valence-corrected chi connectivity index (χ3v) is 5.59. The van der Waals surface area contributed by atoms with Crippen LogP contribution in [0.5, 0.6) is 0 Å². The van der Waals surface area contributed by atoms with Crippen molar-refractivity contribution < 1.29 is 18.4 Å². The molecule has 0 spiro atoms. The summed E-state index contributed by atoms with van der Waals surface area (Å²) in [6, 6.07) is 2.33. The Morgan fingerprint density at radius 3 is 2.56 bits per heavy atom. The van der Waals surface area contributed by atoms with E-state index in [4.69, 9.17) is 0 Å². The molecule has 7 heteroatoms. The molecule has 2 N–H and O–H groups in total. The van der Waals surface area contributed by atoms with Crippen LogP contribution in [0.25, 0.3) is 0 Å². The van der Waals surface area contributed by atoms with Gasteiger partial charge in [0.1, 0.15) is 17.2 Å². The van der Waals surface area contributed by atoms with E-state index in [1.165, 1.54) is 6.07 Å². The highest BCUT2D eigenvalue weighted by Crippen LogP contribution is 2.32. The van der Waals surface area contributed by atoms with E-state index in [-0.39, 0.29) is 11.6 Å². The molecule has 1 heterocycles. The minimum Gasteiger partial charge on any atom is -0.340 e. The summed E-state index contributed by atoms with van der Waals surface area (Å²) >= 11 is 0. The summed E-state index contributed by atoms with van der Waals surface area (Å²) in [4.78, 5) is 27.7. The second kappa shape index (κ2) is 8.23. The first-order chi connectivity index (χ1) is 12.9. The van der Waals surface area contributed by atoms with Gasteiger partial charge in [0.05, 0.1) is 5.69 Å². The predicted molar refractivity (Wildman–Crippen MR) is 99.3 cm³/mol. The zero-order chi connectivity index (χ0) is 19.4. The highest BCUT2D eigenvalue weighted by Gasteiger charge is 2.44. The second-order valence-electron chi connectivity index (χ2n) is 7.84. The Labute approximate surface area is 158 Å². The average Bonchev–Trinajstić information content (AvgIpc) is 2.64. The fourth-order valence-corrected chi connectivity index (χ4v) is 4.19. The van der Waals surface area contributed by atoms with E-state index >= 15 is 0 Å². The Bertz CT molecular complexity index is 704. The van der Waals surface area contributed by atoms with Crippen molar-refractivity contribution in [2.24, 2.45) is 5.92 Å². The van der Waals surface area contributed by atoms with Crippen LogP contribution in [0.3, 0.4) is 0 Å². The molecule has 1 saturated heterocycles. The number of amides is 3. The maximum atomic E-state index is 13.8. The second-order valence-corrected chi connectivity index (χ2v) is 7.84. The lowest BCUT2D eigenvalue weighted by Gasteiger charge is -2.42. The summed E-state index contributed by atoms with van der Waals surface area (Å²) in [6.45, 7) is 3.54. The van der Waals surface area contributed by atoms with E-state index in [0.29, 0.717) is 37.9 Å². The van der Waals surface area contributed by atoms with Gasteiger partial charge in [-0.05, 0) is 43.7 Å². The van der Waals surface area contributed by atoms with Crippen LogP contribution in [0, 0.1) is 17.6 Å². The van der Waals surface area contributed by atoms with Gasteiger partial charge in [0, 0.05) is 19.2 Å². The van der Waals surface area contributed by atoms with Gasteiger partial charge in [0.2, 0.25) is 5.91 Å². The fraction of sp³-hybridized carbons (Fsp3) is 0.600. The third kappa shape index (κ3) is 4.57. The topological polar surface area (TPSA) is 61.4 Å². The molecule has 1 aromatic rings. The number of anilines is 1. The van der Waals surface area contributed by atoms with E-state index < -0.39 is 23.2 Å². The molecule has 0 aromatic heterocycles. The molecule has 0 unspecified atom stereocenters. The molecule has 0 radical (unpaired) electrons. The zero-order valence-electron chi connectivity index (χ0n) is 15.7. The maximum Gasteiger partial charge on any atom is 0.320 e. The largest absolute Gasteiger partial charge is 0.340 e. The standard InChI is InChI=1S/C20H27F2N3O2/c1-14-6-5-11-25(13-14)18(26)20(9-3-2-4-10-20)24-19(27)23-17-8-7-15(21)12-16(17)22/h7-8,12,14H,2-6,9-11,13H2,1H3,(H2,23,24,27)/t14-/m0/s1. The molecule has 0 bridgehead atoms. The SMILES string of the molecule is C[C@H]1CCCN(C(=O)C2(NC(=O)Nc3ccc(F)cc3F)CCCCC2)C1. The van der Waals surface area contributed by atoms with Gasteiger partial charge in [-0.1, -0.05) is 26.2 Å². The number of carbonyl (C=O) groups is 2. The Kier molecular flexibility index (Phi) is 5.97. The van der Waals surface area contributed by atoms with Crippen LogP contribution < -0.4 is 10.6 Å². The number of carbonyl (C=O) groups excluding carboxylic acids is 2. The van der Waals surface area contributed by atoms with Crippen LogP contribution in [0.2, 0.25) is 0 Å². The van der Waals surface area contributed by atoms with Gasteiger partial charge in [-0.25, -0.2) is 13.6 Å². The van der Waals surface area contributed by atoms with Crippen LogP contribution in [-0.2, 0) is 4.79 Å². The predicted octanol–water partition coefficient (Wildman–Crippen LogP) is 4.05. The molecular weight excluding hydrogens is 352 g/mol. The van der Waals surface area contributed by atoms with Gasteiger partial charge in [0.25, 0.3) is 0 Å². The Morgan fingerprint density at radius 2 is 1.89 bits per heavy atom. The number of likely N-dealkylation sites (tertiary alicyclic amines) is 1. The normalized spacial score (nSPS) is 22.2. The van der Waals surface area contributed by atoms with Crippen LogP contribution >= 0.6 is 0 Å². The molecule has 1 atom stereocenters. The van der Waals surface area contributed by atoms with Crippen LogP contribution in [0.15, 0.2) is 18.2 Å². The van der Waals surface area contributed by atoms with E-state index in [1.54, 1.807) is 0 Å². The van der Waals surface area contributed by atoms with Gasteiger partial charge < -0.3 is 15.5 Å². The lowest BCUT2D eigenvalue weighted by molar-refractivity contribution is -0.141. The number of piperidine rings is 1. The summed E-state index contributed by atoms with van der Waals surface area (Å²) in [5.41, 5.74) is -1.06. The Balaban J connectivity index is 1.73. The van der Waals surface area contributed by atoms with Crippen molar-refractivity contribution in [3.8, 4) is 0 Å². The lowest BCUT2D eigenvalue weighted by atomic mass is 9.80. The number of rotatable bonds is 3. The Hall–Kier alpha value is -2.18. The maximum absolute atomic E-state index is 13.8. The van der Waals surface area contributed by atoms with Crippen molar-refractivity contribution in [1.29, 1.82) is 0 Å². The third-order valence-electron chi connectivity index (χ3n) is 5.59. The van der Waals surface area contributed by atoms with Crippen LogP contribution in [-0.4, -0.2) is 35.5 Å².